The first-order valence-corrected chi connectivity index (χ1v) is 7.45. The minimum absolute atomic E-state index is 0.413. The molecular formula is C17H18N2OS. The standard InChI is InChI=1S/C17H18N2OS/c1-20-13-8-9-14(17(18)21)16(11-13)19-10-4-6-12-5-2-3-7-15(12)19/h2-3,5,7-9,11H,4,6,10H2,1H3,(H2,18,21). The summed E-state index contributed by atoms with van der Waals surface area (Å²) in [6.07, 6.45) is 2.23. The zero-order valence-corrected chi connectivity index (χ0v) is 12.8. The number of nitrogens with zero attached hydrogens (tertiary/aromatic N) is 1. The molecule has 0 fully saturated rings. The highest BCUT2D eigenvalue weighted by Gasteiger charge is 2.21. The lowest BCUT2D eigenvalue weighted by Crippen LogP contribution is -2.27. The predicted octanol–water partition coefficient (Wildman–Crippen LogP) is 3.41. The van der Waals surface area contributed by atoms with Crippen LogP contribution in [0.5, 0.6) is 5.75 Å². The van der Waals surface area contributed by atoms with Crippen LogP contribution in [0, 0.1) is 0 Å². The fraction of sp³-hybridized carbons (Fsp3) is 0.235. The van der Waals surface area contributed by atoms with E-state index in [1.807, 2.05) is 18.2 Å². The average Bonchev–Trinajstić information content (AvgIpc) is 2.53. The maximum Gasteiger partial charge on any atom is 0.120 e. The van der Waals surface area contributed by atoms with Gasteiger partial charge in [0.25, 0.3) is 0 Å². The van der Waals surface area contributed by atoms with Gasteiger partial charge in [-0.2, -0.15) is 0 Å². The van der Waals surface area contributed by atoms with Crippen molar-refractivity contribution >= 4 is 28.6 Å². The minimum atomic E-state index is 0.413. The molecule has 3 nitrogen and oxygen atoms in total. The molecule has 0 radical (unpaired) electrons. The monoisotopic (exact) mass is 298 g/mol. The van der Waals surface area contributed by atoms with Crippen molar-refractivity contribution in [3.63, 3.8) is 0 Å². The van der Waals surface area contributed by atoms with Crippen LogP contribution in [0.1, 0.15) is 17.5 Å². The Morgan fingerprint density at radius 3 is 2.76 bits per heavy atom. The Balaban J connectivity index is 2.14. The SMILES string of the molecule is COc1ccc(C(N)=S)c(N2CCCc3ccccc32)c1. The normalized spacial score (nSPS) is 13.7. The van der Waals surface area contributed by atoms with Gasteiger partial charge in [0.05, 0.1) is 12.8 Å². The Hall–Kier alpha value is -2.07. The zero-order valence-electron chi connectivity index (χ0n) is 12.0. The molecule has 0 saturated heterocycles. The molecule has 0 aromatic heterocycles. The zero-order chi connectivity index (χ0) is 14.8. The molecule has 0 spiro atoms. The number of methoxy groups -OCH3 is 1. The number of aryl methyl sites for hydroxylation is 1. The van der Waals surface area contributed by atoms with E-state index in [0.717, 1.165) is 36.4 Å². The van der Waals surface area contributed by atoms with Crippen LogP contribution >= 0.6 is 12.2 Å². The van der Waals surface area contributed by atoms with E-state index >= 15 is 0 Å². The average molecular weight is 298 g/mol. The minimum Gasteiger partial charge on any atom is -0.497 e. The Bertz CT molecular complexity index is 684. The predicted molar refractivity (Wildman–Crippen MR) is 90.7 cm³/mol. The number of fused-ring (bicyclic) bond motifs is 1. The van der Waals surface area contributed by atoms with Crippen LogP contribution in [0.25, 0.3) is 0 Å². The third kappa shape index (κ3) is 2.59. The summed E-state index contributed by atoms with van der Waals surface area (Å²) in [6.45, 7) is 0.958. The maximum absolute atomic E-state index is 5.90. The van der Waals surface area contributed by atoms with Crippen molar-refractivity contribution in [3.05, 3.63) is 53.6 Å². The molecule has 2 aromatic rings. The van der Waals surface area contributed by atoms with Gasteiger partial charge in [-0.15, -0.1) is 0 Å². The number of hydrogen-bond acceptors (Lipinski definition) is 3. The van der Waals surface area contributed by atoms with Gasteiger partial charge in [0.2, 0.25) is 0 Å². The summed E-state index contributed by atoms with van der Waals surface area (Å²) in [5, 5.41) is 0. The lowest BCUT2D eigenvalue weighted by atomic mass is 10.00. The highest BCUT2D eigenvalue weighted by Crippen LogP contribution is 2.36. The van der Waals surface area contributed by atoms with Gasteiger partial charge in [0.1, 0.15) is 10.7 Å². The fourth-order valence-electron chi connectivity index (χ4n) is 2.85. The van der Waals surface area contributed by atoms with Crippen LogP contribution in [0.2, 0.25) is 0 Å². The van der Waals surface area contributed by atoms with E-state index in [2.05, 4.69) is 29.2 Å². The Kier molecular flexibility index (Phi) is 3.80. The number of anilines is 2. The molecule has 0 atom stereocenters. The summed E-state index contributed by atoms with van der Waals surface area (Å²) in [6, 6.07) is 14.3. The lowest BCUT2D eigenvalue weighted by molar-refractivity contribution is 0.415. The topological polar surface area (TPSA) is 38.5 Å². The van der Waals surface area contributed by atoms with Gasteiger partial charge in [0, 0.05) is 23.9 Å². The number of hydrogen-bond donors (Lipinski definition) is 1. The van der Waals surface area contributed by atoms with Crippen LogP contribution < -0.4 is 15.4 Å². The molecule has 3 rings (SSSR count). The number of para-hydroxylation sites is 1. The molecule has 1 aliphatic heterocycles. The molecule has 0 amide bonds. The number of benzene rings is 2. The second kappa shape index (κ2) is 5.74. The number of thiocarbonyl (C=S) groups is 1. The smallest absolute Gasteiger partial charge is 0.120 e. The van der Waals surface area contributed by atoms with Gasteiger partial charge in [0.15, 0.2) is 0 Å². The lowest BCUT2D eigenvalue weighted by Gasteiger charge is -2.32. The number of ether oxygens (including phenoxy) is 1. The second-order valence-corrected chi connectivity index (χ2v) is 5.57. The molecule has 0 unspecified atom stereocenters. The van der Waals surface area contributed by atoms with Gasteiger partial charge in [-0.1, -0.05) is 30.4 Å². The summed E-state index contributed by atoms with van der Waals surface area (Å²) in [5.74, 6) is 0.813. The fourth-order valence-corrected chi connectivity index (χ4v) is 3.03. The summed E-state index contributed by atoms with van der Waals surface area (Å²) in [5.41, 5.74) is 10.4. The summed E-state index contributed by atoms with van der Waals surface area (Å²) in [7, 11) is 1.67. The van der Waals surface area contributed by atoms with Crippen molar-refractivity contribution in [2.24, 2.45) is 5.73 Å². The van der Waals surface area contributed by atoms with Crippen molar-refractivity contribution in [2.45, 2.75) is 12.8 Å². The van der Waals surface area contributed by atoms with Gasteiger partial charge in [-0.25, -0.2) is 0 Å². The van der Waals surface area contributed by atoms with Crippen molar-refractivity contribution in [2.75, 3.05) is 18.6 Å². The maximum atomic E-state index is 5.90. The van der Waals surface area contributed by atoms with Crippen molar-refractivity contribution in [3.8, 4) is 5.75 Å². The van der Waals surface area contributed by atoms with E-state index in [0.29, 0.717) is 4.99 Å². The molecular weight excluding hydrogens is 280 g/mol. The largest absolute Gasteiger partial charge is 0.497 e. The first-order chi connectivity index (χ1) is 10.2. The molecule has 21 heavy (non-hydrogen) atoms. The van der Waals surface area contributed by atoms with E-state index < -0.39 is 0 Å². The molecule has 2 N–H and O–H groups in total. The third-order valence-electron chi connectivity index (χ3n) is 3.87. The first-order valence-electron chi connectivity index (χ1n) is 7.04. The van der Waals surface area contributed by atoms with E-state index in [-0.39, 0.29) is 0 Å². The molecule has 2 aromatic carbocycles. The summed E-state index contributed by atoms with van der Waals surface area (Å²) >= 11 is 5.21. The number of rotatable bonds is 3. The van der Waals surface area contributed by atoms with Crippen molar-refractivity contribution in [1.82, 2.24) is 0 Å². The molecule has 4 heteroatoms. The molecule has 0 aliphatic carbocycles. The van der Waals surface area contributed by atoms with Gasteiger partial charge in [-0.3, -0.25) is 0 Å². The summed E-state index contributed by atoms with van der Waals surface area (Å²) < 4.78 is 5.36. The Morgan fingerprint density at radius 1 is 1.19 bits per heavy atom. The Labute approximate surface area is 130 Å². The van der Waals surface area contributed by atoms with Gasteiger partial charge in [-0.05, 0) is 36.6 Å². The van der Waals surface area contributed by atoms with Crippen LogP contribution in [-0.2, 0) is 6.42 Å². The molecule has 1 aliphatic rings. The highest BCUT2D eigenvalue weighted by molar-refractivity contribution is 7.80. The molecule has 0 bridgehead atoms. The van der Waals surface area contributed by atoms with Crippen molar-refractivity contribution in [1.29, 1.82) is 0 Å². The second-order valence-electron chi connectivity index (χ2n) is 5.13. The first kappa shape index (κ1) is 13.9. The molecule has 108 valence electrons. The van der Waals surface area contributed by atoms with Gasteiger partial charge >= 0.3 is 0 Å². The van der Waals surface area contributed by atoms with E-state index in [9.17, 15) is 0 Å². The Morgan fingerprint density at radius 2 is 2.00 bits per heavy atom. The van der Waals surface area contributed by atoms with E-state index in [1.54, 1.807) is 7.11 Å². The quantitative estimate of drug-likeness (QED) is 0.881. The summed E-state index contributed by atoms with van der Waals surface area (Å²) in [4.78, 5) is 2.70. The molecule has 1 heterocycles. The van der Waals surface area contributed by atoms with Crippen molar-refractivity contribution < 1.29 is 4.74 Å². The van der Waals surface area contributed by atoms with E-state index in [1.165, 1.54) is 11.3 Å². The van der Waals surface area contributed by atoms with Gasteiger partial charge < -0.3 is 15.4 Å². The molecule has 0 saturated carbocycles. The van der Waals surface area contributed by atoms with Crippen LogP contribution in [0.15, 0.2) is 42.5 Å². The van der Waals surface area contributed by atoms with Crippen LogP contribution in [-0.4, -0.2) is 18.6 Å². The van der Waals surface area contributed by atoms with Crippen LogP contribution in [0.3, 0.4) is 0 Å². The third-order valence-corrected chi connectivity index (χ3v) is 4.09. The van der Waals surface area contributed by atoms with E-state index in [4.69, 9.17) is 22.7 Å². The van der Waals surface area contributed by atoms with Crippen LogP contribution in [0.4, 0.5) is 11.4 Å². The highest BCUT2D eigenvalue weighted by atomic mass is 32.1. The number of nitrogens with two attached hydrogens (primary N) is 1.